The van der Waals surface area contributed by atoms with Gasteiger partial charge in [-0.3, -0.25) is 4.79 Å². The first kappa shape index (κ1) is 14.4. The molecule has 1 aromatic rings. The lowest BCUT2D eigenvalue weighted by Gasteiger charge is -2.11. The lowest BCUT2D eigenvalue weighted by molar-refractivity contribution is -0.120. The molecule has 0 spiro atoms. The Kier molecular flexibility index (Phi) is 4.92. The van der Waals surface area contributed by atoms with Gasteiger partial charge in [0.25, 0.3) is 10.0 Å². The van der Waals surface area contributed by atoms with Crippen LogP contribution in [-0.2, 0) is 19.6 Å². The lowest BCUT2D eigenvalue weighted by Crippen LogP contribution is -2.39. The van der Waals surface area contributed by atoms with E-state index in [-0.39, 0.29) is 22.8 Å². The fourth-order valence-electron chi connectivity index (χ4n) is 1.74. The van der Waals surface area contributed by atoms with E-state index in [1.807, 2.05) is 0 Å². The van der Waals surface area contributed by atoms with Crippen LogP contribution in [0.5, 0.6) is 0 Å². The van der Waals surface area contributed by atoms with Gasteiger partial charge in [-0.25, -0.2) is 13.1 Å². The van der Waals surface area contributed by atoms with E-state index in [2.05, 4.69) is 10.0 Å². The molecule has 19 heavy (non-hydrogen) atoms. The van der Waals surface area contributed by atoms with Gasteiger partial charge >= 0.3 is 0 Å². The average Bonchev–Trinajstić information content (AvgIpc) is 3.06. The zero-order valence-corrected chi connectivity index (χ0v) is 11.9. The van der Waals surface area contributed by atoms with Crippen molar-refractivity contribution in [3.05, 3.63) is 17.5 Å². The van der Waals surface area contributed by atoms with Crippen LogP contribution in [0, 0.1) is 0 Å². The first-order valence-electron chi connectivity index (χ1n) is 5.99. The zero-order chi connectivity index (χ0) is 13.7. The molecule has 2 rings (SSSR count). The molecular weight excluding hydrogens is 288 g/mol. The topological polar surface area (TPSA) is 84.5 Å². The average molecular weight is 304 g/mol. The Hall–Kier alpha value is -0.960. The highest BCUT2D eigenvalue weighted by Crippen LogP contribution is 2.14. The number of amides is 1. The molecule has 1 unspecified atom stereocenters. The minimum atomic E-state index is -3.57. The standard InChI is InChI=1S/C11H16N2O4S2/c14-10(12-7-9-3-1-5-17-9)8-13-19(15,16)11-4-2-6-18-11/h2,4,6,9,13H,1,3,5,7-8H2,(H,12,14). The summed E-state index contributed by atoms with van der Waals surface area (Å²) < 4.78 is 31.3. The Morgan fingerprint density at radius 2 is 2.37 bits per heavy atom. The molecule has 8 heteroatoms. The minimum absolute atomic E-state index is 0.0536. The molecule has 0 bridgehead atoms. The van der Waals surface area contributed by atoms with E-state index >= 15 is 0 Å². The van der Waals surface area contributed by atoms with Gasteiger partial charge in [0.1, 0.15) is 4.21 Å². The van der Waals surface area contributed by atoms with Gasteiger partial charge in [-0.1, -0.05) is 6.07 Å². The highest BCUT2D eigenvalue weighted by Gasteiger charge is 2.18. The normalized spacial score (nSPS) is 19.5. The van der Waals surface area contributed by atoms with Crippen LogP contribution in [-0.4, -0.2) is 40.1 Å². The van der Waals surface area contributed by atoms with Crippen molar-refractivity contribution in [2.75, 3.05) is 19.7 Å². The fourth-order valence-corrected chi connectivity index (χ4v) is 3.76. The van der Waals surface area contributed by atoms with E-state index in [4.69, 9.17) is 4.74 Å². The molecule has 2 heterocycles. The maximum atomic E-state index is 11.8. The molecule has 0 aromatic carbocycles. The summed E-state index contributed by atoms with van der Waals surface area (Å²) in [5, 5.41) is 4.33. The first-order valence-corrected chi connectivity index (χ1v) is 8.36. The molecular formula is C11H16N2O4S2. The van der Waals surface area contributed by atoms with Gasteiger partial charge in [0.15, 0.2) is 0 Å². The van der Waals surface area contributed by atoms with Crippen LogP contribution in [0.25, 0.3) is 0 Å². The third kappa shape index (κ3) is 4.27. The van der Waals surface area contributed by atoms with Gasteiger partial charge in [-0.2, -0.15) is 0 Å². The van der Waals surface area contributed by atoms with Crippen LogP contribution in [0.3, 0.4) is 0 Å². The highest BCUT2D eigenvalue weighted by atomic mass is 32.2. The molecule has 0 radical (unpaired) electrons. The summed E-state index contributed by atoms with van der Waals surface area (Å²) in [6.07, 6.45) is 1.99. The van der Waals surface area contributed by atoms with E-state index in [0.717, 1.165) is 30.8 Å². The SMILES string of the molecule is O=C(CNS(=O)(=O)c1cccs1)NCC1CCCO1. The summed E-state index contributed by atoms with van der Waals surface area (Å²) in [4.78, 5) is 11.5. The summed E-state index contributed by atoms with van der Waals surface area (Å²) >= 11 is 1.11. The van der Waals surface area contributed by atoms with E-state index in [1.165, 1.54) is 6.07 Å². The number of hydrogen-bond acceptors (Lipinski definition) is 5. The molecule has 1 aromatic heterocycles. The van der Waals surface area contributed by atoms with E-state index in [9.17, 15) is 13.2 Å². The van der Waals surface area contributed by atoms with Gasteiger partial charge in [0.05, 0.1) is 12.6 Å². The molecule has 2 N–H and O–H groups in total. The van der Waals surface area contributed by atoms with E-state index in [1.54, 1.807) is 11.4 Å². The van der Waals surface area contributed by atoms with Gasteiger partial charge in [-0.05, 0) is 24.3 Å². The molecule has 1 aliphatic heterocycles. The first-order chi connectivity index (χ1) is 9.08. The quantitative estimate of drug-likeness (QED) is 0.793. The van der Waals surface area contributed by atoms with E-state index in [0.29, 0.717) is 6.54 Å². The van der Waals surface area contributed by atoms with E-state index < -0.39 is 10.0 Å². The van der Waals surface area contributed by atoms with Crippen molar-refractivity contribution in [3.8, 4) is 0 Å². The van der Waals surface area contributed by atoms with Crippen LogP contribution in [0.15, 0.2) is 21.7 Å². The fraction of sp³-hybridized carbons (Fsp3) is 0.545. The third-order valence-electron chi connectivity index (χ3n) is 2.73. The smallest absolute Gasteiger partial charge is 0.250 e. The number of ether oxygens (including phenoxy) is 1. The lowest BCUT2D eigenvalue weighted by atomic mass is 10.2. The highest BCUT2D eigenvalue weighted by molar-refractivity contribution is 7.91. The second-order valence-corrected chi connectivity index (χ2v) is 7.14. The summed E-state index contributed by atoms with van der Waals surface area (Å²) in [6, 6.07) is 3.15. The number of thiophene rings is 1. The number of rotatable bonds is 6. The molecule has 1 aliphatic rings. The molecule has 1 fully saturated rings. The van der Waals surface area contributed by atoms with Crippen molar-refractivity contribution in [1.82, 2.24) is 10.0 Å². The van der Waals surface area contributed by atoms with Gasteiger partial charge in [0.2, 0.25) is 5.91 Å². The minimum Gasteiger partial charge on any atom is -0.376 e. The van der Waals surface area contributed by atoms with Crippen molar-refractivity contribution >= 4 is 27.3 Å². The molecule has 1 atom stereocenters. The summed E-state index contributed by atoms with van der Waals surface area (Å²) in [6.45, 7) is 0.901. The maximum absolute atomic E-state index is 11.8. The van der Waals surface area contributed by atoms with Gasteiger partial charge < -0.3 is 10.1 Å². The van der Waals surface area contributed by atoms with Crippen LogP contribution >= 0.6 is 11.3 Å². The molecule has 0 saturated carbocycles. The summed E-state index contributed by atoms with van der Waals surface area (Å²) in [7, 11) is -3.57. The second-order valence-electron chi connectivity index (χ2n) is 4.20. The third-order valence-corrected chi connectivity index (χ3v) is 5.53. The van der Waals surface area contributed by atoms with Crippen molar-refractivity contribution in [3.63, 3.8) is 0 Å². The van der Waals surface area contributed by atoms with Crippen molar-refractivity contribution < 1.29 is 17.9 Å². The Labute approximate surface area is 116 Å². The molecule has 1 saturated heterocycles. The number of hydrogen-bond donors (Lipinski definition) is 2. The second kappa shape index (κ2) is 6.47. The molecule has 106 valence electrons. The molecule has 0 aliphatic carbocycles. The molecule has 1 amide bonds. The van der Waals surface area contributed by atoms with Crippen LogP contribution < -0.4 is 10.0 Å². The number of sulfonamides is 1. The number of carbonyl (C=O) groups excluding carboxylic acids is 1. The Morgan fingerprint density at radius 3 is 3.00 bits per heavy atom. The van der Waals surface area contributed by atoms with Crippen molar-refractivity contribution in [1.29, 1.82) is 0 Å². The Bertz CT molecular complexity index is 507. The summed E-state index contributed by atoms with van der Waals surface area (Å²) in [5.41, 5.74) is 0. The predicted molar refractivity (Wildman–Crippen MR) is 71.5 cm³/mol. The maximum Gasteiger partial charge on any atom is 0.250 e. The number of nitrogens with one attached hydrogen (secondary N) is 2. The summed E-state index contributed by atoms with van der Waals surface area (Å²) in [5.74, 6) is -0.351. The van der Waals surface area contributed by atoms with Crippen molar-refractivity contribution in [2.45, 2.75) is 23.2 Å². The Balaban J connectivity index is 1.74. The van der Waals surface area contributed by atoms with Crippen LogP contribution in [0.2, 0.25) is 0 Å². The largest absolute Gasteiger partial charge is 0.376 e. The van der Waals surface area contributed by atoms with Gasteiger partial charge in [-0.15, -0.1) is 11.3 Å². The Morgan fingerprint density at radius 1 is 1.53 bits per heavy atom. The number of carbonyl (C=O) groups is 1. The van der Waals surface area contributed by atoms with Gasteiger partial charge in [0, 0.05) is 13.2 Å². The van der Waals surface area contributed by atoms with Crippen LogP contribution in [0.1, 0.15) is 12.8 Å². The predicted octanol–water partition coefficient (Wildman–Crippen LogP) is 0.322. The van der Waals surface area contributed by atoms with Crippen molar-refractivity contribution in [2.24, 2.45) is 0 Å². The monoisotopic (exact) mass is 304 g/mol. The van der Waals surface area contributed by atoms with Crippen LogP contribution in [0.4, 0.5) is 0 Å². The molecule has 6 nitrogen and oxygen atoms in total. The zero-order valence-electron chi connectivity index (χ0n) is 10.3.